The zero-order valence-electron chi connectivity index (χ0n) is 62.2. The highest BCUT2D eigenvalue weighted by Crippen LogP contribution is 2.12. The first-order valence-corrected chi connectivity index (χ1v) is 33.2. The Morgan fingerprint density at radius 3 is 1.42 bits per heavy atom. The lowest BCUT2D eigenvalue weighted by atomic mass is 10.2. The van der Waals surface area contributed by atoms with Gasteiger partial charge in [0.15, 0.2) is 0 Å². The number of hydrogen-bond acceptors (Lipinski definition) is 13. The third kappa shape index (κ3) is 43.6. The van der Waals surface area contributed by atoms with Crippen LogP contribution < -0.4 is 9.47 Å². The van der Waals surface area contributed by atoms with Gasteiger partial charge in [-0.3, -0.25) is 24.1 Å². The monoisotopic (exact) mass is 1360 g/mol. The fraction of sp³-hybridized carbons (Fsp3) is 0.284. The summed E-state index contributed by atoms with van der Waals surface area (Å²) in [6.45, 7) is 35.9. The van der Waals surface area contributed by atoms with Crippen LogP contribution in [0.5, 0.6) is 11.5 Å². The van der Waals surface area contributed by atoms with Crippen molar-refractivity contribution in [3.05, 3.63) is 320 Å². The van der Waals surface area contributed by atoms with Crippen LogP contribution in [0.15, 0.2) is 234 Å². The second-order valence-electron chi connectivity index (χ2n) is 22.2. The molecule has 0 radical (unpaired) electrons. The molecule has 0 spiro atoms. The Bertz CT molecular complexity index is 3980. The first-order chi connectivity index (χ1) is 47.3. The number of thiazole rings is 1. The second kappa shape index (κ2) is 52.2. The van der Waals surface area contributed by atoms with Crippen molar-refractivity contribution in [1.29, 1.82) is 10.5 Å². The van der Waals surface area contributed by atoms with E-state index >= 15 is 0 Å². The lowest BCUT2D eigenvalue weighted by Gasteiger charge is -1.99. The minimum atomic E-state index is 0.723. The van der Waals surface area contributed by atoms with Crippen LogP contribution in [0.25, 0.3) is 0 Å². The first-order valence-electron chi connectivity index (χ1n) is 32.3. The van der Waals surface area contributed by atoms with Crippen molar-refractivity contribution in [2.75, 3.05) is 13.7 Å². The molecule has 18 heteroatoms. The molecule has 0 aliphatic heterocycles. The molecular formula is C81H105N13O4S. The van der Waals surface area contributed by atoms with Gasteiger partial charge in [-0.05, 0) is 225 Å². The maximum Gasteiger partial charge on any atom is 0.136 e. The molecule has 17 nitrogen and oxygen atoms in total. The maximum absolute atomic E-state index is 8.41. The highest BCUT2D eigenvalue weighted by Gasteiger charge is 2.00. The summed E-state index contributed by atoms with van der Waals surface area (Å²) in [6, 6.07) is 58.9. The molecule has 0 saturated heterocycles. The van der Waals surface area contributed by atoms with Crippen LogP contribution >= 0.6 is 11.3 Å². The molecule has 0 aliphatic carbocycles. The molecule has 0 bridgehead atoms. The van der Waals surface area contributed by atoms with Crippen molar-refractivity contribution in [2.24, 2.45) is 21.1 Å². The Morgan fingerprint density at radius 2 is 1.16 bits per heavy atom. The minimum Gasteiger partial charge on any atom is -0.497 e. The Morgan fingerprint density at radius 1 is 0.545 bits per heavy atom. The lowest BCUT2D eigenvalue weighted by Crippen LogP contribution is -1.90. The van der Waals surface area contributed by atoms with Gasteiger partial charge in [0.25, 0.3) is 0 Å². The molecule has 0 atom stereocenters. The highest BCUT2D eigenvalue weighted by molar-refractivity contribution is 7.09. The number of nitriles is 2. The summed E-state index contributed by atoms with van der Waals surface area (Å²) in [6.07, 6.45) is 15.2. The highest BCUT2D eigenvalue weighted by atomic mass is 32.1. The number of hydrogen-bond donors (Lipinski definition) is 1. The van der Waals surface area contributed by atoms with Gasteiger partial charge in [0.2, 0.25) is 0 Å². The number of benzene rings is 5. The molecule has 99 heavy (non-hydrogen) atoms. The number of H-pyrrole nitrogens is 1. The van der Waals surface area contributed by atoms with Crippen LogP contribution in [0, 0.1) is 127 Å². The predicted molar refractivity (Wildman–Crippen MR) is 406 cm³/mol. The predicted octanol–water partition coefficient (Wildman–Crippen LogP) is 19.5. The number of ether oxygens (including phenoxy) is 2. The molecule has 8 heterocycles. The molecule has 1 N–H and O–H groups in total. The van der Waals surface area contributed by atoms with Gasteiger partial charge in [-0.1, -0.05) is 101 Å². The zero-order chi connectivity index (χ0) is 73.8. The van der Waals surface area contributed by atoms with Crippen LogP contribution in [0.1, 0.15) is 109 Å². The number of nitrogens with one attached hydrogen (secondary N) is 1. The van der Waals surface area contributed by atoms with E-state index in [2.05, 4.69) is 111 Å². The van der Waals surface area contributed by atoms with Gasteiger partial charge in [0.05, 0.1) is 65.3 Å². The van der Waals surface area contributed by atoms with Gasteiger partial charge in [-0.15, -0.1) is 11.3 Å². The van der Waals surface area contributed by atoms with Crippen molar-refractivity contribution >= 4 is 11.3 Å². The van der Waals surface area contributed by atoms with E-state index in [4.69, 9.17) is 28.9 Å². The van der Waals surface area contributed by atoms with Crippen LogP contribution in [0.4, 0.5) is 0 Å². The van der Waals surface area contributed by atoms with Crippen LogP contribution in [-0.2, 0) is 27.7 Å². The summed E-state index contributed by atoms with van der Waals surface area (Å²) in [5.41, 5.74) is 15.6. The van der Waals surface area contributed by atoms with Crippen molar-refractivity contribution in [1.82, 2.24) is 54.2 Å². The number of aromatic nitrogens is 11. The van der Waals surface area contributed by atoms with Crippen molar-refractivity contribution in [3.63, 3.8) is 0 Å². The Balaban J connectivity index is 0.000000537. The number of rotatable bonds is 4. The van der Waals surface area contributed by atoms with Crippen molar-refractivity contribution in [2.45, 2.75) is 124 Å². The topological polar surface area (TPSA) is 205 Å². The summed E-state index contributed by atoms with van der Waals surface area (Å²) in [5, 5.41) is 42.2. The third-order valence-electron chi connectivity index (χ3n) is 13.2. The first kappa shape index (κ1) is 85.9. The van der Waals surface area contributed by atoms with E-state index in [1.54, 1.807) is 54.0 Å². The van der Waals surface area contributed by atoms with Gasteiger partial charge in [0.1, 0.15) is 23.0 Å². The van der Waals surface area contributed by atoms with E-state index in [0.29, 0.717) is 0 Å². The Labute approximate surface area is 594 Å². The molecule has 0 amide bonds. The Kier molecular flexibility index (Phi) is 45.3. The Hall–Kier alpha value is -11.1. The molecule has 524 valence electrons. The van der Waals surface area contributed by atoms with E-state index in [9.17, 15) is 0 Å². The van der Waals surface area contributed by atoms with E-state index in [1.165, 1.54) is 33.5 Å². The molecule has 0 aliphatic rings. The van der Waals surface area contributed by atoms with Gasteiger partial charge in [-0.2, -0.15) is 30.9 Å². The SMILES string of the molecule is CCOc1ccccc1.CCn1ccc(C)c1.COc1cccc(C)c1.Cc1ccc(C#N)cc1.Cc1cccc(C#N)c1.Cc1ccccc1.Cc1ccco1.Cc1ccn(C)n1.Cc1ccn[nH]1.Cc1ccnn1C.Cc1cn(C)nc1C.Cc1nccs1.Cc1noc(C)c1C. The summed E-state index contributed by atoms with van der Waals surface area (Å²) in [7, 11) is 7.44. The number of nitrogens with zero attached hydrogens (tertiary/aromatic N) is 12. The largest absolute Gasteiger partial charge is 0.497 e. The van der Waals surface area contributed by atoms with Crippen molar-refractivity contribution < 1.29 is 18.4 Å². The van der Waals surface area contributed by atoms with Crippen LogP contribution in [0.2, 0.25) is 0 Å². The van der Waals surface area contributed by atoms with E-state index in [1.807, 2.05) is 284 Å². The number of aromatic amines is 1. The summed E-state index contributed by atoms with van der Waals surface area (Å²) in [4.78, 5) is 3.94. The average Bonchev–Trinajstić information content (AvgIpc) is 2.00. The number of aryl methyl sites for hydroxylation is 18. The molecule has 13 aromatic rings. The van der Waals surface area contributed by atoms with Gasteiger partial charge in [-0.25, -0.2) is 0 Å². The van der Waals surface area contributed by atoms with E-state index in [0.717, 1.165) is 86.2 Å². The molecule has 13 rings (SSSR count). The van der Waals surface area contributed by atoms with E-state index in [-0.39, 0.29) is 0 Å². The fourth-order valence-electron chi connectivity index (χ4n) is 7.26. The quantitative estimate of drug-likeness (QED) is 0.175. The van der Waals surface area contributed by atoms with Crippen LogP contribution in [0.3, 0.4) is 0 Å². The standard InChI is InChI=1S/2C8H7N.2C8H10O.C7H11N.C7H8.C6H10N2.C6H9NO.2C5H8N2.C5H6O.C4H6N2.C4H5NS/c1-7-2-4-8(6-9)5-3-7;1-7-3-2-4-8(5-7)6-9;1-7-4-3-5-8(6-7)9-2;1-2-9-8-6-4-3-5-7-8;1-3-8-5-4-7(2)6-8;1-7-5-3-2-4-6-7;1-5-4-8(3)7-6(5)2;1-4-5(2)7-8-6(4)3;1-5-3-4-7(2)6-5;1-5-3-4-6-7(5)2;1-5-3-2-4-6-5;1-4-2-3-5-6-4;1-4-5-2-3-6-4/h2*2-5H,1H3;3-6H,1-2H3;3-7H,2H2,1H3;4-6H,3H2,1-2H3;2-6H,1H3;4H,1-3H3;1-3H3;2*3-4H,1-2H3;2-4H,1H3;2-3H,1H3,(H,5,6);2-3H,1H3. The van der Waals surface area contributed by atoms with Gasteiger partial charge < -0.3 is 23.0 Å². The number of methoxy groups -OCH3 is 1. The second-order valence-corrected chi connectivity index (χ2v) is 23.3. The molecular weight excluding hydrogens is 1250 g/mol. The summed E-state index contributed by atoms with van der Waals surface area (Å²) >= 11 is 1.67. The van der Waals surface area contributed by atoms with Gasteiger partial charge >= 0.3 is 0 Å². The average molecular weight is 1360 g/mol. The summed E-state index contributed by atoms with van der Waals surface area (Å²) < 4.78 is 27.5. The molecule has 0 fully saturated rings. The maximum atomic E-state index is 8.41. The smallest absolute Gasteiger partial charge is 0.136 e. The fourth-order valence-corrected chi connectivity index (χ4v) is 7.70. The summed E-state index contributed by atoms with van der Waals surface area (Å²) in [5.74, 6) is 3.76. The van der Waals surface area contributed by atoms with E-state index < -0.39 is 0 Å². The van der Waals surface area contributed by atoms with Gasteiger partial charge in [0, 0.05) is 93.4 Å². The minimum absolute atomic E-state index is 0.723. The number of para-hydroxylation sites is 1. The molecule has 8 aromatic heterocycles. The number of furan rings is 1. The molecule has 0 saturated carbocycles. The molecule has 0 unspecified atom stereocenters. The van der Waals surface area contributed by atoms with Crippen molar-refractivity contribution in [3.8, 4) is 23.6 Å². The van der Waals surface area contributed by atoms with Crippen LogP contribution in [-0.4, -0.2) is 68.0 Å². The normalized spacial score (nSPS) is 9.12. The third-order valence-corrected chi connectivity index (χ3v) is 13.9. The molecule has 5 aromatic carbocycles. The zero-order valence-corrected chi connectivity index (χ0v) is 63.0. The lowest BCUT2D eigenvalue weighted by molar-refractivity contribution is 0.340.